The average Bonchev–Trinajstić information content (AvgIpc) is 2.75. The highest BCUT2D eigenvalue weighted by atomic mass is 32.2. The number of hydrogen-bond acceptors (Lipinski definition) is 4. The number of hydrogen-bond donors (Lipinski definition) is 0. The van der Waals surface area contributed by atoms with Crippen molar-refractivity contribution in [2.45, 2.75) is 24.3 Å². The van der Waals surface area contributed by atoms with Crippen LogP contribution in [0.2, 0.25) is 0 Å². The maximum absolute atomic E-state index is 12.4. The van der Waals surface area contributed by atoms with Crippen molar-refractivity contribution >= 4 is 9.84 Å². The van der Waals surface area contributed by atoms with Crippen LogP contribution in [-0.4, -0.2) is 23.2 Å². The molecule has 1 atom stereocenters. The highest BCUT2D eigenvalue weighted by Gasteiger charge is 2.29. The summed E-state index contributed by atoms with van der Waals surface area (Å²) in [7, 11) is -1.93. The number of aromatic nitrogens is 3. The molecule has 0 N–H and O–H groups in total. The van der Waals surface area contributed by atoms with E-state index in [1.165, 1.54) is 11.0 Å². The van der Waals surface area contributed by atoms with Gasteiger partial charge in [-0.2, -0.15) is 5.10 Å². The van der Waals surface area contributed by atoms with E-state index in [0.717, 1.165) is 11.1 Å². The quantitative estimate of drug-likeness (QED) is 0.846. The van der Waals surface area contributed by atoms with Gasteiger partial charge >= 0.3 is 0 Å². The summed E-state index contributed by atoms with van der Waals surface area (Å²) < 4.78 is 26.1. The molecule has 0 spiro atoms. The first kappa shape index (κ1) is 12.8. The lowest BCUT2D eigenvalue weighted by Gasteiger charge is -2.12. The summed E-state index contributed by atoms with van der Waals surface area (Å²) >= 11 is 0. The fourth-order valence-corrected chi connectivity index (χ4v) is 3.23. The molecule has 2 aromatic rings. The molecule has 0 saturated heterocycles. The van der Waals surface area contributed by atoms with E-state index in [-0.39, 0.29) is 5.16 Å². The van der Waals surface area contributed by atoms with E-state index in [9.17, 15) is 8.42 Å². The normalized spacial score (nSPS) is 13.5. The molecule has 0 aliphatic heterocycles. The van der Waals surface area contributed by atoms with Gasteiger partial charge in [-0.1, -0.05) is 29.8 Å². The number of benzene rings is 1. The Hall–Kier alpha value is -1.69. The zero-order chi connectivity index (χ0) is 13.3. The minimum atomic E-state index is -3.51. The van der Waals surface area contributed by atoms with Crippen LogP contribution < -0.4 is 0 Å². The Balaban J connectivity index is 2.46. The molecule has 6 heteroatoms. The first-order chi connectivity index (χ1) is 8.43. The molecule has 0 unspecified atom stereocenters. The maximum atomic E-state index is 12.4. The fraction of sp³-hybridized carbons (Fsp3) is 0.333. The van der Waals surface area contributed by atoms with E-state index in [0.29, 0.717) is 0 Å². The SMILES string of the molecule is Cc1cccc([C@H](C)S(=O)(=O)c2ncnn2C)c1. The van der Waals surface area contributed by atoms with E-state index in [1.54, 1.807) is 14.0 Å². The third-order valence-corrected chi connectivity index (χ3v) is 4.98. The van der Waals surface area contributed by atoms with Crippen LogP contribution in [0.25, 0.3) is 0 Å². The second-order valence-corrected chi connectivity index (χ2v) is 6.43. The third-order valence-electron chi connectivity index (χ3n) is 2.90. The largest absolute Gasteiger partial charge is 0.245 e. The van der Waals surface area contributed by atoms with Crippen molar-refractivity contribution in [2.75, 3.05) is 0 Å². The first-order valence-corrected chi connectivity index (χ1v) is 7.12. The smallest absolute Gasteiger partial charge is 0.240 e. The van der Waals surface area contributed by atoms with Crippen LogP contribution in [0.4, 0.5) is 0 Å². The minimum absolute atomic E-state index is 0.00324. The van der Waals surface area contributed by atoms with E-state index in [4.69, 9.17) is 0 Å². The summed E-state index contributed by atoms with van der Waals surface area (Å²) in [5, 5.41) is 3.16. The van der Waals surface area contributed by atoms with Gasteiger partial charge in [0, 0.05) is 7.05 Å². The number of rotatable bonds is 3. The molecule has 0 aliphatic rings. The van der Waals surface area contributed by atoms with Crippen LogP contribution in [0.1, 0.15) is 23.3 Å². The monoisotopic (exact) mass is 265 g/mol. The molecule has 18 heavy (non-hydrogen) atoms. The summed E-state index contributed by atoms with van der Waals surface area (Å²) in [6.45, 7) is 3.60. The molecular formula is C12H15N3O2S. The minimum Gasteiger partial charge on any atom is -0.240 e. The Morgan fingerprint density at radius 3 is 2.61 bits per heavy atom. The zero-order valence-corrected chi connectivity index (χ0v) is 11.3. The van der Waals surface area contributed by atoms with Gasteiger partial charge < -0.3 is 0 Å². The van der Waals surface area contributed by atoms with Gasteiger partial charge in [0.15, 0.2) is 0 Å². The van der Waals surface area contributed by atoms with Crippen LogP contribution in [0, 0.1) is 6.92 Å². The van der Waals surface area contributed by atoms with Crippen LogP contribution in [-0.2, 0) is 16.9 Å². The van der Waals surface area contributed by atoms with Gasteiger partial charge in [0.1, 0.15) is 6.33 Å². The van der Waals surface area contributed by atoms with E-state index in [2.05, 4.69) is 10.1 Å². The second kappa shape index (κ2) is 4.53. The molecule has 0 radical (unpaired) electrons. The summed E-state index contributed by atoms with van der Waals surface area (Å²) in [6, 6.07) is 7.47. The van der Waals surface area contributed by atoms with E-state index >= 15 is 0 Å². The Labute approximate surface area is 106 Å². The van der Waals surface area contributed by atoms with Gasteiger partial charge in [-0.05, 0) is 19.4 Å². The van der Waals surface area contributed by atoms with Crippen LogP contribution in [0.5, 0.6) is 0 Å². The van der Waals surface area contributed by atoms with Gasteiger partial charge in [-0.15, -0.1) is 0 Å². The molecule has 0 amide bonds. The van der Waals surface area contributed by atoms with Gasteiger partial charge in [-0.3, -0.25) is 0 Å². The lowest BCUT2D eigenvalue weighted by atomic mass is 10.1. The van der Waals surface area contributed by atoms with Crippen LogP contribution in [0.3, 0.4) is 0 Å². The van der Waals surface area contributed by atoms with Crippen molar-refractivity contribution in [3.63, 3.8) is 0 Å². The first-order valence-electron chi connectivity index (χ1n) is 5.57. The van der Waals surface area contributed by atoms with E-state index < -0.39 is 15.1 Å². The van der Waals surface area contributed by atoms with Crippen molar-refractivity contribution in [2.24, 2.45) is 7.05 Å². The Bertz CT molecular complexity index is 661. The summed E-state index contributed by atoms with van der Waals surface area (Å²) in [4.78, 5) is 3.82. The molecule has 1 heterocycles. The van der Waals surface area contributed by atoms with Crippen molar-refractivity contribution in [3.05, 3.63) is 41.7 Å². The molecule has 1 aromatic heterocycles. The molecule has 5 nitrogen and oxygen atoms in total. The third kappa shape index (κ3) is 2.15. The molecule has 0 fully saturated rings. The second-order valence-electron chi connectivity index (χ2n) is 4.27. The van der Waals surface area contributed by atoms with Crippen molar-refractivity contribution in [1.29, 1.82) is 0 Å². The van der Waals surface area contributed by atoms with Gasteiger partial charge in [0.2, 0.25) is 15.0 Å². The Kier molecular flexibility index (Phi) is 3.21. The van der Waals surface area contributed by atoms with Crippen molar-refractivity contribution < 1.29 is 8.42 Å². The predicted molar refractivity (Wildman–Crippen MR) is 67.8 cm³/mol. The molecule has 0 bridgehead atoms. The predicted octanol–water partition coefficient (Wildman–Crippen LogP) is 1.66. The fourth-order valence-electron chi connectivity index (χ4n) is 1.80. The molecule has 96 valence electrons. The molecule has 0 saturated carbocycles. The standard InChI is InChI=1S/C12H15N3O2S/c1-9-5-4-6-11(7-9)10(2)18(16,17)12-13-8-14-15(12)3/h4-8,10H,1-3H3/t10-/m0/s1. The average molecular weight is 265 g/mol. The summed E-state index contributed by atoms with van der Waals surface area (Å²) in [6.07, 6.45) is 1.25. The zero-order valence-electron chi connectivity index (χ0n) is 10.5. The lowest BCUT2D eigenvalue weighted by molar-refractivity contribution is 0.560. The number of nitrogens with zero attached hydrogens (tertiary/aromatic N) is 3. The van der Waals surface area contributed by atoms with E-state index in [1.807, 2.05) is 31.2 Å². The molecule has 1 aromatic carbocycles. The van der Waals surface area contributed by atoms with Crippen molar-refractivity contribution in [1.82, 2.24) is 14.8 Å². The Morgan fingerprint density at radius 1 is 1.33 bits per heavy atom. The highest BCUT2D eigenvalue weighted by molar-refractivity contribution is 7.91. The Morgan fingerprint density at radius 2 is 2.06 bits per heavy atom. The number of sulfone groups is 1. The van der Waals surface area contributed by atoms with Gasteiger partial charge in [0.05, 0.1) is 5.25 Å². The lowest BCUT2D eigenvalue weighted by Crippen LogP contribution is -2.15. The maximum Gasteiger partial charge on any atom is 0.245 e. The highest BCUT2D eigenvalue weighted by Crippen LogP contribution is 2.27. The van der Waals surface area contributed by atoms with Crippen LogP contribution >= 0.6 is 0 Å². The van der Waals surface area contributed by atoms with Gasteiger partial charge in [0.25, 0.3) is 0 Å². The topological polar surface area (TPSA) is 64.8 Å². The summed E-state index contributed by atoms with van der Waals surface area (Å²) in [5.41, 5.74) is 1.80. The van der Waals surface area contributed by atoms with Crippen LogP contribution in [0.15, 0.2) is 35.7 Å². The molecule has 2 rings (SSSR count). The molecule has 0 aliphatic carbocycles. The summed E-state index contributed by atoms with van der Waals surface area (Å²) in [5.74, 6) is 0. The van der Waals surface area contributed by atoms with Crippen molar-refractivity contribution in [3.8, 4) is 0 Å². The molecular weight excluding hydrogens is 250 g/mol. The van der Waals surface area contributed by atoms with Gasteiger partial charge in [-0.25, -0.2) is 18.1 Å². The number of aryl methyl sites for hydroxylation is 2.